The molecule has 8 heteroatoms. The predicted molar refractivity (Wildman–Crippen MR) is 66.6 cm³/mol. The van der Waals surface area contributed by atoms with Crippen molar-refractivity contribution in [3.05, 3.63) is 28.2 Å². The number of nitro groups is 1. The summed E-state index contributed by atoms with van der Waals surface area (Å²) in [4.78, 5) is 14.9. The molecule has 0 aromatic carbocycles. The number of rotatable bonds is 4. The molecule has 0 fully saturated rings. The third-order valence-electron chi connectivity index (χ3n) is 2.50. The van der Waals surface area contributed by atoms with Crippen molar-refractivity contribution < 1.29 is 4.92 Å². The van der Waals surface area contributed by atoms with Gasteiger partial charge in [-0.1, -0.05) is 0 Å². The maximum atomic E-state index is 11.1. The maximum absolute atomic E-state index is 11.1. The summed E-state index contributed by atoms with van der Waals surface area (Å²) < 4.78 is 3.45. The molecule has 0 aliphatic heterocycles. The Morgan fingerprint density at radius 2 is 2.28 bits per heavy atom. The minimum absolute atomic E-state index is 0.0600. The summed E-state index contributed by atoms with van der Waals surface area (Å²) in [6.07, 6.45) is 3.46. The molecule has 2 aromatic heterocycles. The summed E-state index contributed by atoms with van der Waals surface area (Å²) in [5.74, 6) is 0. The zero-order chi connectivity index (χ0) is 13.3. The van der Waals surface area contributed by atoms with E-state index in [1.165, 1.54) is 11.8 Å². The van der Waals surface area contributed by atoms with Gasteiger partial charge in [0.05, 0.1) is 4.92 Å². The van der Waals surface area contributed by atoms with Crippen molar-refractivity contribution in [3.63, 3.8) is 0 Å². The number of aryl methyl sites for hydroxylation is 3. The van der Waals surface area contributed by atoms with Crippen LogP contribution in [0.15, 0.2) is 22.6 Å². The minimum Gasteiger partial charge on any atom is -0.329 e. The van der Waals surface area contributed by atoms with Gasteiger partial charge in [0.1, 0.15) is 5.69 Å². The van der Waals surface area contributed by atoms with Crippen LogP contribution in [-0.2, 0) is 13.6 Å². The van der Waals surface area contributed by atoms with Crippen molar-refractivity contribution in [3.8, 4) is 0 Å². The number of nitrogens with zero attached hydrogens (tertiary/aromatic N) is 5. The van der Waals surface area contributed by atoms with Gasteiger partial charge < -0.3 is 4.57 Å². The molecule has 0 spiro atoms. The highest BCUT2D eigenvalue weighted by atomic mass is 32.2. The van der Waals surface area contributed by atoms with Crippen LogP contribution in [-0.4, -0.2) is 24.3 Å². The molecule has 0 N–H and O–H groups in total. The van der Waals surface area contributed by atoms with Crippen LogP contribution in [0.4, 0.5) is 5.69 Å². The zero-order valence-corrected chi connectivity index (χ0v) is 11.1. The molecule has 0 aliphatic carbocycles. The minimum atomic E-state index is -0.389. The Morgan fingerprint density at radius 3 is 2.78 bits per heavy atom. The topological polar surface area (TPSA) is 78.8 Å². The van der Waals surface area contributed by atoms with Crippen LogP contribution in [0, 0.1) is 17.0 Å². The van der Waals surface area contributed by atoms with Crippen molar-refractivity contribution >= 4 is 17.4 Å². The van der Waals surface area contributed by atoms with Gasteiger partial charge in [0.2, 0.25) is 0 Å². The first-order valence-electron chi connectivity index (χ1n) is 5.41. The van der Waals surface area contributed by atoms with E-state index in [4.69, 9.17) is 0 Å². The van der Waals surface area contributed by atoms with Gasteiger partial charge in [0.25, 0.3) is 0 Å². The molecule has 0 saturated heterocycles. The molecule has 0 amide bonds. The van der Waals surface area contributed by atoms with Crippen LogP contribution in [0.2, 0.25) is 0 Å². The zero-order valence-electron chi connectivity index (χ0n) is 10.3. The van der Waals surface area contributed by atoms with E-state index in [2.05, 4.69) is 10.1 Å². The third kappa shape index (κ3) is 2.10. The number of hydrogen-bond acceptors (Lipinski definition) is 5. The fraction of sp³-hybridized carbons (Fsp3) is 0.400. The lowest BCUT2D eigenvalue weighted by atomic mass is 10.4. The van der Waals surface area contributed by atoms with Gasteiger partial charge >= 0.3 is 5.69 Å². The molecule has 7 nitrogen and oxygen atoms in total. The van der Waals surface area contributed by atoms with E-state index in [1.54, 1.807) is 24.0 Å². The van der Waals surface area contributed by atoms with Gasteiger partial charge in [-0.15, -0.1) is 0 Å². The summed E-state index contributed by atoms with van der Waals surface area (Å²) in [6, 6.07) is 0. The van der Waals surface area contributed by atoms with Crippen LogP contribution >= 0.6 is 11.8 Å². The largest absolute Gasteiger partial charge is 0.329 e. The van der Waals surface area contributed by atoms with Crippen molar-refractivity contribution in [1.82, 2.24) is 19.3 Å². The lowest BCUT2D eigenvalue weighted by molar-refractivity contribution is -0.388. The second kappa shape index (κ2) is 4.81. The predicted octanol–water partition coefficient (Wildman–Crippen LogP) is 2.00. The van der Waals surface area contributed by atoms with Crippen LogP contribution in [0.5, 0.6) is 0 Å². The first kappa shape index (κ1) is 12.6. The summed E-state index contributed by atoms with van der Waals surface area (Å²) >= 11 is 1.26. The van der Waals surface area contributed by atoms with Crippen LogP contribution in [0.1, 0.15) is 12.6 Å². The van der Waals surface area contributed by atoms with Crippen molar-refractivity contribution in [2.75, 3.05) is 0 Å². The fourth-order valence-electron chi connectivity index (χ4n) is 1.61. The van der Waals surface area contributed by atoms with Gasteiger partial charge in [-0.25, -0.2) is 4.98 Å². The van der Waals surface area contributed by atoms with E-state index >= 15 is 0 Å². The van der Waals surface area contributed by atoms with E-state index in [9.17, 15) is 10.1 Å². The lowest BCUT2D eigenvalue weighted by Gasteiger charge is -2.03. The highest BCUT2D eigenvalue weighted by Gasteiger charge is 2.26. The number of hydrogen-bond donors (Lipinski definition) is 0. The lowest BCUT2D eigenvalue weighted by Crippen LogP contribution is -2.00. The Hall–Kier alpha value is -1.83. The first-order valence-corrected chi connectivity index (χ1v) is 6.23. The Morgan fingerprint density at radius 1 is 1.56 bits per heavy atom. The second-order valence-electron chi connectivity index (χ2n) is 3.73. The fourth-order valence-corrected chi connectivity index (χ4v) is 2.70. The third-order valence-corrected chi connectivity index (χ3v) is 3.67. The van der Waals surface area contributed by atoms with Crippen molar-refractivity contribution in [1.29, 1.82) is 0 Å². The second-order valence-corrected chi connectivity index (χ2v) is 4.69. The number of imidazole rings is 1. The molecule has 96 valence electrons. The summed E-state index contributed by atoms with van der Waals surface area (Å²) in [5.41, 5.74) is 0.489. The van der Waals surface area contributed by atoms with Crippen molar-refractivity contribution in [2.24, 2.45) is 7.05 Å². The SMILES string of the molecule is CCn1nc(C)c([N+](=O)[O-])c1Sc1nccn1C. The highest BCUT2D eigenvalue weighted by Crippen LogP contribution is 2.35. The highest BCUT2D eigenvalue weighted by molar-refractivity contribution is 7.99. The van der Waals surface area contributed by atoms with Crippen LogP contribution in [0.3, 0.4) is 0 Å². The molecule has 0 saturated carbocycles. The van der Waals surface area contributed by atoms with Crippen molar-refractivity contribution in [2.45, 2.75) is 30.6 Å². The van der Waals surface area contributed by atoms with Gasteiger partial charge in [0.15, 0.2) is 10.2 Å². The molecule has 0 aliphatic rings. The normalized spacial score (nSPS) is 10.8. The van der Waals surface area contributed by atoms with E-state index in [-0.39, 0.29) is 10.6 Å². The molecule has 0 unspecified atom stereocenters. The average Bonchev–Trinajstić information content (AvgIpc) is 2.84. The smallest absolute Gasteiger partial charge is 0.324 e. The summed E-state index contributed by atoms with van der Waals surface area (Å²) in [6.45, 7) is 4.13. The average molecular weight is 267 g/mol. The van der Waals surface area contributed by atoms with Gasteiger partial charge in [0, 0.05) is 26.0 Å². The molecule has 2 heterocycles. The van der Waals surface area contributed by atoms with E-state index < -0.39 is 0 Å². The Kier molecular flexibility index (Phi) is 3.37. The Bertz CT molecular complexity index is 589. The van der Waals surface area contributed by atoms with Crippen LogP contribution < -0.4 is 0 Å². The van der Waals surface area contributed by atoms with Gasteiger partial charge in [-0.2, -0.15) is 5.10 Å². The van der Waals surface area contributed by atoms with E-state index in [0.29, 0.717) is 22.4 Å². The van der Waals surface area contributed by atoms with Crippen LogP contribution in [0.25, 0.3) is 0 Å². The van der Waals surface area contributed by atoms with Gasteiger partial charge in [-0.3, -0.25) is 14.8 Å². The Balaban J connectivity index is 2.48. The summed E-state index contributed by atoms with van der Waals surface area (Å²) in [5, 5.41) is 16.5. The molecule has 0 bridgehead atoms. The molecule has 0 radical (unpaired) electrons. The molecule has 2 rings (SSSR count). The summed E-state index contributed by atoms with van der Waals surface area (Å²) in [7, 11) is 1.85. The van der Waals surface area contributed by atoms with E-state index in [0.717, 1.165) is 0 Å². The first-order chi connectivity index (χ1) is 8.54. The van der Waals surface area contributed by atoms with E-state index in [1.807, 2.05) is 18.5 Å². The molecule has 0 atom stereocenters. The maximum Gasteiger partial charge on any atom is 0.324 e. The molecule has 2 aromatic rings. The monoisotopic (exact) mass is 267 g/mol. The molecular formula is C10H13N5O2S. The number of aromatic nitrogens is 4. The standard InChI is InChI=1S/C10H13N5O2S/c1-4-14-9(8(15(16)17)7(2)12-14)18-10-11-5-6-13(10)3/h5-6H,4H2,1-3H3. The molecular weight excluding hydrogens is 254 g/mol. The quantitative estimate of drug-likeness (QED) is 0.625. The molecule has 18 heavy (non-hydrogen) atoms. The van der Waals surface area contributed by atoms with Gasteiger partial charge in [-0.05, 0) is 25.6 Å². The Labute approximate surface area is 108 Å².